The average Bonchev–Trinajstić information content (AvgIpc) is 2.55. The second kappa shape index (κ2) is 8.08. The Morgan fingerprint density at radius 2 is 1.72 bits per heavy atom. The van der Waals surface area contributed by atoms with E-state index in [-0.39, 0.29) is 21.5 Å². The normalized spacial score (nSPS) is 11.2. The molecule has 0 aliphatic carbocycles. The molecule has 0 heterocycles. The van der Waals surface area contributed by atoms with Crippen LogP contribution in [0.1, 0.15) is 18.1 Å². The van der Waals surface area contributed by atoms with E-state index in [4.69, 9.17) is 23.2 Å². The van der Waals surface area contributed by atoms with E-state index in [2.05, 4.69) is 10.0 Å². The third kappa shape index (κ3) is 5.11. The van der Waals surface area contributed by atoms with Crippen molar-refractivity contribution in [2.75, 3.05) is 11.3 Å². The number of anilines is 1. The molecule has 2 N–H and O–H groups in total. The molecule has 0 radical (unpaired) electrons. The molecule has 0 bridgehead atoms. The van der Waals surface area contributed by atoms with Gasteiger partial charge in [-0.2, -0.15) is 0 Å². The van der Waals surface area contributed by atoms with Crippen LogP contribution in [0.2, 0.25) is 10.0 Å². The van der Waals surface area contributed by atoms with Gasteiger partial charge < -0.3 is 5.32 Å². The second-order valence-corrected chi connectivity index (χ2v) is 7.98. The lowest BCUT2D eigenvalue weighted by molar-refractivity contribution is -0.118. The van der Waals surface area contributed by atoms with E-state index in [1.165, 1.54) is 25.1 Å². The quantitative estimate of drug-likeness (QED) is 0.774. The summed E-state index contributed by atoms with van der Waals surface area (Å²) in [6, 6.07) is 9.57. The number of sulfonamides is 1. The summed E-state index contributed by atoms with van der Waals surface area (Å²) in [7, 11) is -3.76. The summed E-state index contributed by atoms with van der Waals surface area (Å²) in [6.07, 6.45) is 0.621. The minimum Gasteiger partial charge on any atom is -0.356 e. The van der Waals surface area contributed by atoms with Gasteiger partial charge >= 0.3 is 0 Å². The van der Waals surface area contributed by atoms with E-state index in [1.54, 1.807) is 25.1 Å². The van der Waals surface area contributed by atoms with Crippen molar-refractivity contribution in [3.8, 4) is 0 Å². The van der Waals surface area contributed by atoms with Gasteiger partial charge in [0.1, 0.15) is 0 Å². The largest absolute Gasteiger partial charge is 0.356 e. The van der Waals surface area contributed by atoms with Crippen LogP contribution < -0.4 is 10.0 Å². The zero-order valence-electron chi connectivity index (χ0n) is 13.8. The third-order valence-electron chi connectivity index (χ3n) is 3.59. The number of hydrogen-bond acceptors (Lipinski definition) is 3. The van der Waals surface area contributed by atoms with Crippen LogP contribution >= 0.6 is 23.2 Å². The van der Waals surface area contributed by atoms with Crippen LogP contribution in [0.25, 0.3) is 0 Å². The summed E-state index contributed by atoms with van der Waals surface area (Å²) in [6.45, 7) is 3.66. The fraction of sp³-hybridized carbons (Fsp3) is 0.235. The molecule has 0 aliphatic rings. The number of carbonyl (C=O) groups excluding carboxylic acids is 1. The van der Waals surface area contributed by atoms with Crippen molar-refractivity contribution in [1.29, 1.82) is 0 Å². The average molecular weight is 401 g/mol. The summed E-state index contributed by atoms with van der Waals surface area (Å²) in [5.74, 6) is -0.0986. The summed E-state index contributed by atoms with van der Waals surface area (Å²) < 4.78 is 27.5. The Kier molecular flexibility index (Phi) is 6.32. The first-order valence-corrected chi connectivity index (χ1v) is 9.75. The highest BCUT2D eigenvalue weighted by molar-refractivity contribution is 7.92. The Morgan fingerprint density at radius 3 is 2.32 bits per heavy atom. The molecule has 25 heavy (non-hydrogen) atoms. The Balaban J connectivity index is 2.14. The minimum absolute atomic E-state index is 0.0986. The second-order valence-electron chi connectivity index (χ2n) is 5.52. The van der Waals surface area contributed by atoms with Crippen molar-refractivity contribution in [2.24, 2.45) is 0 Å². The van der Waals surface area contributed by atoms with Gasteiger partial charge in [0.2, 0.25) is 5.91 Å². The topological polar surface area (TPSA) is 75.3 Å². The number of hydrogen-bond donors (Lipinski definition) is 2. The number of carbonyl (C=O) groups is 1. The molecule has 0 aromatic heterocycles. The predicted molar refractivity (Wildman–Crippen MR) is 101 cm³/mol. The zero-order chi connectivity index (χ0) is 18.6. The molecule has 0 spiro atoms. The van der Waals surface area contributed by atoms with Crippen LogP contribution in [0.3, 0.4) is 0 Å². The molecule has 2 aromatic rings. The molecule has 0 unspecified atom stereocenters. The van der Waals surface area contributed by atoms with Gasteiger partial charge in [-0.25, -0.2) is 8.42 Å². The van der Waals surface area contributed by atoms with Crippen LogP contribution in [0.4, 0.5) is 5.69 Å². The first kappa shape index (κ1) is 19.6. The molecule has 0 atom stereocenters. The molecular weight excluding hydrogens is 383 g/mol. The molecule has 0 saturated heterocycles. The maximum Gasteiger partial charge on any atom is 0.261 e. The molecule has 134 valence electrons. The van der Waals surface area contributed by atoms with Gasteiger partial charge in [0.25, 0.3) is 10.0 Å². The smallest absolute Gasteiger partial charge is 0.261 e. The Morgan fingerprint density at radius 1 is 1.08 bits per heavy atom. The molecule has 1 amide bonds. The molecule has 0 fully saturated rings. The number of amides is 1. The molecule has 2 rings (SSSR count). The standard InChI is InChI=1S/C17H18Cl2N2O3S/c1-11-15(18)7-8-16(17(11)19)21-25(23,24)14-5-3-13(4-6-14)9-10-20-12(2)22/h3-8,21H,9-10H2,1-2H3,(H,20,22). The third-order valence-corrected chi connectivity index (χ3v) is 5.86. The Hall–Kier alpha value is -1.76. The minimum atomic E-state index is -3.76. The fourth-order valence-electron chi connectivity index (χ4n) is 2.16. The fourth-order valence-corrected chi connectivity index (χ4v) is 3.71. The molecule has 8 heteroatoms. The summed E-state index contributed by atoms with van der Waals surface area (Å²) >= 11 is 12.1. The number of halogens is 2. The van der Waals surface area contributed by atoms with Crippen molar-refractivity contribution in [3.63, 3.8) is 0 Å². The number of benzene rings is 2. The highest BCUT2D eigenvalue weighted by atomic mass is 35.5. The SMILES string of the molecule is CC(=O)NCCc1ccc(S(=O)(=O)Nc2ccc(Cl)c(C)c2Cl)cc1. The van der Waals surface area contributed by atoms with Gasteiger partial charge in [0, 0.05) is 18.5 Å². The van der Waals surface area contributed by atoms with E-state index in [9.17, 15) is 13.2 Å². The Bertz CT molecular complexity index is 882. The van der Waals surface area contributed by atoms with Crippen molar-refractivity contribution in [2.45, 2.75) is 25.2 Å². The van der Waals surface area contributed by atoms with Crippen LogP contribution in [0.5, 0.6) is 0 Å². The molecule has 5 nitrogen and oxygen atoms in total. The number of nitrogens with one attached hydrogen (secondary N) is 2. The van der Waals surface area contributed by atoms with Crippen LogP contribution in [0.15, 0.2) is 41.3 Å². The van der Waals surface area contributed by atoms with Gasteiger partial charge in [-0.15, -0.1) is 0 Å². The number of rotatable bonds is 6. The van der Waals surface area contributed by atoms with Crippen molar-refractivity contribution >= 4 is 44.8 Å². The van der Waals surface area contributed by atoms with E-state index in [1.807, 2.05) is 0 Å². The molecule has 0 aliphatic heterocycles. The van der Waals surface area contributed by atoms with Crippen LogP contribution in [0, 0.1) is 6.92 Å². The van der Waals surface area contributed by atoms with Gasteiger partial charge in [-0.1, -0.05) is 35.3 Å². The van der Waals surface area contributed by atoms with E-state index >= 15 is 0 Å². The monoisotopic (exact) mass is 400 g/mol. The molecule has 2 aromatic carbocycles. The molecular formula is C17H18Cl2N2O3S. The first-order chi connectivity index (χ1) is 11.7. The maximum absolute atomic E-state index is 12.5. The van der Waals surface area contributed by atoms with Gasteiger partial charge in [0.05, 0.1) is 15.6 Å². The summed E-state index contributed by atoms with van der Waals surface area (Å²) in [5.41, 5.74) is 1.81. The lowest BCUT2D eigenvalue weighted by Crippen LogP contribution is -2.22. The summed E-state index contributed by atoms with van der Waals surface area (Å²) in [4.78, 5) is 11.0. The van der Waals surface area contributed by atoms with Crippen LogP contribution in [-0.4, -0.2) is 20.9 Å². The van der Waals surface area contributed by atoms with Crippen LogP contribution in [-0.2, 0) is 21.2 Å². The Labute approximate surface area is 157 Å². The predicted octanol–water partition coefficient (Wildman–Crippen LogP) is 3.78. The van der Waals surface area contributed by atoms with Gasteiger partial charge in [-0.3, -0.25) is 9.52 Å². The van der Waals surface area contributed by atoms with E-state index < -0.39 is 10.0 Å². The lowest BCUT2D eigenvalue weighted by atomic mass is 10.1. The molecule has 0 saturated carbocycles. The van der Waals surface area contributed by atoms with Crippen molar-refractivity contribution in [1.82, 2.24) is 5.32 Å². The maximum atomic E-state index is 12.5. The zero-order valence-corrected chi connectivity index (χ0v) is 16.1. The highest BCUT2D eigenvalue weighted by Crippen LogP contribution is 2.32. The van der Waals surface area contributed by atoms with E-state index in [0.29, 0.717) is 23.6 Å². The van der Waals surface area contributed by atoms with Crippen molar-refractivity contribution in [3.05, 3.63) is 57.6 Å². The van der Waals surface area contributed by atoms with Crippen molar-refractivity contribution < 1.29 is 13.2 Å². The lowest BCUT2D eigenvalue weighted by Gasteiger charge is -2.12. The highest BCUT2D eigenvalue weighted by Gasteiger charge is 2.17. The van der Waals surface area contributed by atoms with E-state index in [0.717, 1.165) is 5.56 Å². The van der Waals surface area contributed by atoms with Gasteiger partial charge in [0.15, 0.2) is 0 Å². The first-order valence-electron chi connectivity index (χ1n) is 7.51. The summed E-state index contributed by atoms with van der Waals surface area (Å²) in [5, 5.41) is 3.43. The van der Waals surface area contributed by atoms with Gasteiger partial charge in [-0.05, 0) is 48.7 Å².